The molecule has 1 aliphatic heterocycles. The molecule has 0 saturated carbocycles. The summed E-state index contributed by atoms with van der Waals surface area (Å²) in [5.74, 6) is 0.0498. The zero-order chi connectivity index (χ0) is 6.91. The van der Waals surface area contributed by atoms with E-state index in [1.54, 1.807) is 26.0 Å². The second kappa shape index (κ2) is 1.95. The molecule has 0 unspecified atom stereocenters. The lowest BCUT2D eigenvalue weighted by atomic mass is 10.0. The third-order valence-electron chi connectivity index (χ3n) is 1.40. The Kier molecular flexibility index (Phi) is 1.41. The molecule has 0 N–H and O–H groups in total. The Morgan fingerprint density at radius 2 is 2.33 bits per heavy atom. The van der Waals surface area contributed by atoms with Crippen LogP contribution in [0, 0.1) is 0 Å². The summed E-state index contributed by atoms with van der Waals surface area (Å²) in [6.45, 7) is 4.11. The van der Waals surface area contributed by atoms with Crippen LogP contribution < -0.4 is 0 Å². The van der Waals surface area contributed by atoms with Gasteiger partial charge in [-0.05, 0) is 19.9 Å². The number of carbonyl (C=O) groups is 1. The average Bonchev–Trinajstić information content (AvgIpc) is 1.77. The fraction of sp³-hybridized carbons (Fsp3) is 0.571. The van der Waals surface area contributed by atoms with Crippen molar-refractivity contribution in [2.75, 3.05) is 6.61 Å². The van der Waals surface area contributed by atoms with E-state index in [4.69, 9.17) is 4.74 Å². The molecule has 1 rings (SSSR count). The number of rotatable bonds is 0. The lowest BCUT2D eigenvalue weighted by molar-refractivity contribution is -0.135. The Labute approximate surface area is 54.5 Å². The molecule has 0 spiro atoms. The first kappa shape index (κ1) is 6.49. The molecule has 0 aliphatic carbocycles. The van der Waals surface area contributed by atoms with Crippen LogP contribution in [0.25, 0.3) is 0 Å². The molecule has 0 aromatic rings. The number of carbonyl (C=O) groups excluding carboxylic acids is 1. The zero-order valence-corrected chi connectivity index (χ0v) is 5.68. The first-order valence-electron chi connectivity index (χ1n) is 2.98. The molecule has 2 heteroatoms. The second-order valence-electron chi connectivity index (χ2n) is 2.59. The number of hydrogen-bond donors (Lipinski definition) is 0. The van der Waals surface area contributed by atoms with E-state index in [-0.39, 0.29) is 5.78 Å². The summed E-state index contributed by atoms with van der Waals surface area (Å²) in [6, 6.07) is 0. The minimum atomic E-state index is -0.589. The Morgan fingerprint density at radius 3 is 2.67 bits per heavy atom. The number of ketones is 1. The van der Waals surface area contributed by atoms with Crippen molar-refractivity contribution in [2.45, 2.75) is 19.4 Å². The maximum absolute atomic E-state index is 10.9. The van der Waals surface area contributed by atoms with Crippen molar-refractivity contribution < 1.29 is 9.53 Å². The molecule has 1 aliphatic rings. The highest BCUT2D eigenvalue weighted by Gasteiger charge is 2.27. The van der Waals surface area contributed by atoms with Gasteiger partial charge in [-0.3, -0.25) is 4.79 Å². The monoisotopic (exact) mass is 126 g/mol. The lowest BCUT2D eigenvalue weighted by Crippen LogP contribution is -2.36. The molecule has 0 amide bonds. The standard InChI is InChI=1S/C7H10O2/c1-7(2)6(8)4-3-5-9-7/h3-4H,5H2,1-2H3. The van der Waals surface area contributed by atoms with E-state index in [9.17, 15) is 4.79 Å². The van der Waals surface area contributed by atoms with Crippen molar-refractivity contribution in [1.82, 2.24) is 0 Å². The Bertz CT molecular complexity index is 156. The highest BCUT2D eigenvalue weighted by molar-refractivity contribution is 5.96. The highest BCUT2D eigenvalue weighted by Crippen LogP contribution is 2.14. The van der Waals surface area contributed by atoms with Gasteiger partial charge < -0.3 is 4.74 Å². The SMILES string of the molecule is CC1(C)OCC=CC1=O. The van der Waals surface area contributed by atoms with E-state index >= 15 is 0 Å². The maximum atomic E-state index is 10.9. The lowest BCUT2D eigenvalue weighted by Gasteiger charge is -2.24. The Hall–Kier alpha value is -0.630. The van der Waals surface area contributed by atoms with Crippen LogP contribution in [0.1, 0.15) is 13.8 Å². The van der Waals surface area contributed by atoms with Crippen LogP contribution >= 0.6 is 0 Å². The minimum Gasteiger partial charge on any atom is -0.363 e. The van der Waals surface area contributed by atoms with E-state index in [2.05, 4.69) is 0 Å². The molecule has 0 bridgehead atoms. The van der Waals surface area contributed by atoms with Crippen molar-refractivity contribution in [3.05, 3.63) is 12.2 Å². The third-order valence-corrected chi connectivity index (χ3v) is 1.40. The molecule has 0 radical (unpaired) electrons. The molecule has 9 heavy (non-hydrogen) atoms. The Balaban J connectivity index is 2.78. The molecular weight excluding hydrogens is 116 g/mol. The molecule has 0 saturated heterocycles. The summed E-state index contributed by atoms with van der Waals surface area (Å²) in [6.07, 6.45) is 3.30. The summed E-state index contributed by atoms with van der Waals surface area (Å²) in [4.78, 5) is 10.9. The molecular formula is C7H10O2. The first-order chi connectivity index (χ1) is 4.13. The van der Waals surface area contributed by atoms with Crippen LogP contribution in [0.4, 0.5) is 0 Å². The van der Waals surface area contributed by atoms with E-state index in [1.165, 1.54) is 0 Å². The summed E-state index contributed by atoms with van der Waals surface area (Å²) in [7, 11) is 0. The number of hydrogen-bond acceptors (Lipinski definition) is 2. The van der Waals surface area contributed by atoms with Gasteiger partial charge in [-0.15, -0.1) is 0 Å². The maximum Gasteiger partial charge on any atom is 0.186 e. The van der Waals surface area contributed by atoms with Crippen LogP contribution in [0.3, 0.4) is 0 Å². The molecule has 2 nitrogen and oxygen atoms in total. The topological polar surface area (TPSA) is 26.3 Å². The fourth-order valence-corrected chi connectivity index (χ4v) is 0.683. The van der Waals surface area contributed by atoms with E-state index < -0.39 is 5.60 Å². The molecule has 1 heterocycles. The van der Waals surface area contributed by atoms with E-state index in [0.29, 0.717) is 6.61 Å². The average molecular weight is 126 g/mol. The van der Waals surface area contributed by atoms with Gasteiger partial charge in [-0.1, -0.05) is 6.08 Å². The minimum absolute atomic E-state index is 0.0498. The Morgan fingerprint density at radius 1 is 1.67 bits per heavy atom. The van der Waals surface area contributed by atoms with Crippen molar-refractivity contribution in [2.24, 2.45) is 0 Å². The second-order valence-corrected chi connectivity index (χ2v) is 2.59. The van der Waals surface area contributed by atoms with Crippen LogP contribution in [-0.2, 0) is 9.53 Å². The smallest absolute Gasteiger partial charge is 0.186 e. The van der Waals surface area contributed by atoms with Crippen LogP contribution in [0.2, 0.25) is 0 Å². The van der Waals surface area contributed by atoms with E-state index in [0.717, 1.165) is 0 Å². The zero-order valence-electron chi connectivity index (χ0n) is 5.68. The summed E-state index contributed by atoms with van der Waals surface area (Å²) < 4.78 is 5.14. The fourth-order valence-electron chi connectivity index (χ4n) is 0.683. The predicted molar refractivity (Wildman–Crippen MR) is 34.2 cm³/mol. The quantitative estimate of drug-likeness (QED) is 0.482. The van der Waals surface area contributed by atoms with Gasteiger partial charge in [-0.2, -0.15) is 0 Å². The van der Waals surface area contributed by atoms with E-state index in [1.807, 2.05) is 0 Å². The molecule has 0 aromatic carbocycles. The summed E-state index contributed by atoms with van der Waals surface area (Å²) in [5, 5.41) is 0. The summed E-state index contributed by atoms with van der Waals surface area (Å²) >= 11 is 0. The molecule has 0 aromatic heterocycles. The van der Waals surface area contributed by atoms with Gasteiger partial charge in [0.25, 0.3) is 0 Å². The normalized spacial score (nSPS) is 24.4. The van der Waals surface area contributed by atoms with Gasteiger partial charge in [0.05, 0.1) is 6.61 Å². The molecule has 0 atom stereocenters. The predicted octanol–water partition coefficient (Wildman–Crippen LogP) is 0.920. The largest absolute Gasteiger partial charge is 0.363 e. The van der Waals surface area contributed by atoms with Gasteiger partial charge in [-0.25, -0.2) is 0 Å². The van der Waals surface area contributed by atoms with Crippen LogP contribution in [0.15, 0.2) is 12.2 Å². The molecule has 0 fully saturated rings. The van der Waals surface area contributed by atoms with Gasteiger partial charge in [0.2, 0.25) is 0 Å². The van der Waals surface area contributed by atoms with Crippen LogP contribution in [-0.4, -0.2) is 18.0 Å². The van der Waals surface area contributed by atoms with Crippen molar-refractivity contribution in [1.29, 1.82) is 0 Å². The first-order valence-corrected chi connectivity index (χ1v) is 2.98. The van der Waals surface area contributed by atoms with Crippen molar-refractivity contribution in [3.8, 4) is 0 Å². The van der Waals surface area contributed by atoms with Gasteiger partial charge >= 0.3 is 0 Å². The van der Waals surface area contributed by atoms with Crippen molar-refractivity contribution in [3.63, 3.8) is 0 Å². The van der Waals surface area contributed by atoms with Crippen LogP contribution in [0.5, 0.6) is 0 Å². The number of ether oxygens (including phenoxy) is 1. The summed E-state index contributed by atoms with van der Waals surface area (Å²) in [5.41, 5.74) is -0.589. The van der Waals surface area contributed by atoms with Gasteiger partial charge in [0, 0.05) is 0 Å². The van der Waals surface area contributed by atoms with Gasteiger partial charge in [0.1, 0.15) is 5.60 Å². The highest BCUT2D eigenvalue weighted by atomic mass is 16.5. The molecule has 50 valence electrons. The third kappa shape index (κ3) is 1.19. The van der Waals surface area contributed by atoms with Crippen molar-refractivity contribution >= 4 is 5.78 Å². The van der Waals surface area contributed by atoms with Gasteiger partial charge in [0.15, 0.2) is 5.78 Å².